The first-order valence-corrected chi connectivity index (χ1v) is 11.5. The molecule has 0 atom stereocenters. The number of anilines is 1. The molecule has 0 unspecified atom stereocenters. The second-order valence-corrected chi connectivity index (χ2v) is 9.14. The summed E-state index contributed by atoms with van der Waals surface area (Å²) < 4.78 is 26.9. The monoisotopic (exact) mass is 437 g/mol. The Balaban J connectivity index is 1.37. The number of carbonyl (C=O) groups excluding carboxylic acids is 1. The molecule has 1 amide bonds. The molecule has 1 N–H and O–H groups in total. The molecule has 2 heterocycles. The number of piperidine rings is 1. The van der Waals surface area contributed by atoms with Crippen molar-refractivity contribution in [3.05, 3.63) is 72.6 Å². The van der Waals surface area contributed by atoms with Crippen molar-refractivity contribution < 1.29 is 13.2 Å². The van der Waals surface area contributed by atoms with Crippen molar-refractivity contribution in [3.63, 3.8) is 0 Å². The molecule has 0 bridgehead atoms. The lowest BCUT2D eigenvalue weighted by atomic mass is 10.2. The number of carbonyl (C=O) groups is 1. The third kappa shape index (κ3) is 5.07. The first-order valence-electron chi connectivity index (χ1n) is 10.1. The summed E-state index contributed by atoms with van der Waals surface area (Å²) in [6, 6.07) is 15.7. The van der Waals surface area contributed by atoms with Gasteiger partial charge in [0.1, 0.15) is 5.69 Å². The molecule has 1 aromatic heterocycles. The van der Waals surface area contributed by atoms with Crippen LogP contribution in [0.4, 0.5) is 5.69 Å². The molecular formula is C22H23N5O3S. The fourth-order valence-corrected chi connectivity index (χ4v) is 4.86. The van der Waals surface area contributed by atoms with Gasteiger partial charge in [-0.05, 0) is 55.3 Å². The van der Waals surface area contributed by atoms with Gasteiger partial charge in [0.05, 0.1) is 16.8 Å². The van der Waals surface area contributed by atoms with E-state index in [1.165, 1.54) is 27.3 Å². The Hall–Kier alpha value is -3.30. The fourth-order valence-electron chi connectivity index (χ4n) is 3.35. The van der Waals surface area contributed by atoms with E-state index < -0.39 is 10.0 Å². The van der Waals surface area contributed by atoms with Crippen LogP contribution in [0.25, 0.3) is 11.8 Å². The number of nitrogens with zero attached hydrogens (tertiary/aromatic N) is 4. The zero-order valence-corrected chi connectivity index (χ0v) is 17.7. The molecule has 9 heteroatoms. The Morgan fingerprint density at radius 2 is 1.68 bits per heavy atom. The van der Waals surface area contributed by atoms with Crippen molar-refractivity contribution in [1.29, 1.82) is 0 Å². The third-order valence-corrected chi connectivity index (χ3v) is 6.89. The van der Waals surface area contributed by atoms with Crippen LogP contribution in [-0.4, -0.2) is 46.7 Å². The zero-order valence-electron chi connectivity index (χ0n) is 16.9. The maximum absolute atomic E-state index is 12.7. The lowest BCUT2D eigenvalue weighted by Crippen LogP contribution is -2.35. The zero-order chi connectivity index (χ0) is 21.7. The first-order chi connectivity index (χ1) is 15.0. The Morgan fingerprint density at radius 3 is 2.39 bits per heavy atom. The van der Waals surface area contributed by atoms with Crippen molar-refractivity contribution in [2.75, 3.05) is 18.4 Å². The minimum Gasteiger partial charge on any atom is -0.323 e. The van der Waals surface area contributed by atoms with Crippen molar-refractivity contribution in [2.24, 2.45) is 0 Å². The molecule has 1 aliphatic rings. The molecule has 2 aromatic carbocycles. The van der Waals surface area contributed by atoms with Crippen LogP contribution in [0.15, 0.2) is 71.8 Å². The first kappa shape index (κ1) is 21.0. The van der Waals surface area contributed by atoms with Crippen LogP contribution in [0.5, 0.6) is 0 Å². The number of aromatic nitrogens is 3. The average molecular weight is 438 g/mol. The number of benzene rings is 2. The molecule has 160 valence electrons. The highest BCUT2D eigenvalue weighted by Crippen LogP contribution is 2.22. The van der Waals surface area contributed by atoms with Gasteiger partial charge in [0, 0.05) is 24.9 Å². The van der Waals surface area contributed by atoms with Gasteiger partial charge in [-0.25, -0.2) is 8.42 Å². The molecule has 0 saturated carbocycles. The van der Waals surface area contributed by atoms with Gasteiger partial charge < -0.3 is 5.32 Å². The van der Waals surface area contributed by atoms with Crippen LogP contribution in [0.1, 0.15) is 25.0 Å². The summed E-state index contributed by atoms with van der Waals surface area (Å²) >= 11 is 0. The second kappa shape index (κ2) is 9.23. The molecule has 1 saturated heterocycles. The topological polar surface area (TPSA) is 97.2 Å². The lowest BCUT2D eigenvalue weighted by Gasteiger charge is -2.25. The lowest BCUT2D eigenvalue weighted by molar-refractivity contribution is -0.111. The van der Waals surface area contributed by atoms with Crippen LogP contribution in [0, 0.1) is 0 Å². The molecule has 1 aliphatic heterocycles. The molecule has 8 nitrogen and oxygen atoms in total. The summed E-state index contributed by atoms with van der Waals surface area (Å²) in [6.45, 7) is 1.11. The van der Waals surface area contributed by atoms with Gasteiger partial charge in [-0.1, -0.05) is 24.6 Å². The van der Waals surface area contributed by atoms with E-state index in [0.29, 0.717) is 24.5 Å². The van der Waals surface area contributed by atoms with E-state index in [1.54, 1.807) is 24.4 Å². The van der Waals surface area contributed by atoms with Gasteiger partial charge in [-0.3, -0.25) is 4.79 Å². The van der Waals surface area contributed by atoms with E-state index in [9.17, 15) is 13.2 Å². The van der Waals surface area contributed by atoms with Gasteiger partial charge in [0.15, 0.2) is 0 Å². The van der Waals surface area contributed by atoms with Crippen LogP contribution in [0.3, 0.4) is 0 Å². The minimum atomic E-state index is -3.49. The Bertz CT molecular complexity index is 1170. The summed E-state index contributed by atoms with van der Waals surface area (Å²) in [5.74, 6) is -0.346. The van der Waals surface area contributed by atoms with E-state index in [-0.39, 0.29) is 10.8 Å². The van der Waals surface area contributed by atoms with Gasteiger partial charge in [-0.15, -0.1) is 5.10 Å². The molecule has 31 heavy (non-hydrogen) atoms. The van der Waals surface area contributed by atoms with Gasteiger partial charge in [0.25, 0.3) is 0 Å². The molecule has 0 aliphatic carbocycles. The molecular weight excluding hydrogens is 414 g/mol. The predicted molar refractivity (Wildman–Crippen MR) is 118 cm³/mol. The summed E-state index contributed by atoms with van der Waals surface area (Å²) in [5, 5.41) is 11.2. The van der Waals surface area contributed by atoms with Gasteiger partial charge in [0.2, 0.25) is 15.9 Å². The Labute approximate surface area is 181 Å². The Morgan fingerprint density at radius 1 is 0.968 bits per heavy atom. The SMILES string of the molecule is O=C(/C=C/c1cnn(-c2ccccc2)n1)Nc1ccc(S(=O)(=O)N2CCCCC2)cc1. The third-order valence-electron chi connectivity index (χ3n) is 4.98. The van der Waals surface area contributed by atoms with Crippen LogP contribution >= 0.6 is 0 Å². The maximum Gasteiger partial charge on any atom is 0.248 e. The summed E-state index contributed by atoms with van der Waals surface area (Å²) in [4.78, 5) is 13.9. The van der Waals surface area contributed by atoms with Crippen molar-refractivity contribution in [2.45, 2.75) is 24.2 Å². The maximum atomic E-state index is 12.7. The second-order valence-electron chi connectivity index (χ2n) is 7.21. The molecule has 4 rings (SSSR count). The van der Waals surface area contributed by atoms with Gasteiger partial charge in [-0.2, -0.15) is 14.2 Å². The molecule has 0 radical (unpaired) electrons. The van der Waals surface area contributed by atoms with Crippen molar-refractivity contribution in [3.8, 4) is 5.69 Å². The summed E-state index contributed by atoms with van der Waals surface area (Å²) in [6.07, 6.45) is 7.33. The number of nitrogens with one attached hydrogen (secondary N) is 1. The predicted octanol–water partition coefficient (Wildman–Crippen LogP) is 3.09. The number of hydrogen-bond acceptors (Lipinski definition) is 5. The van der Waals surface area contributed by atoms with Crippen molar-refractivity contribution in [1.82, 2.24) is 19.3 Å². The minimum absolute atomic E-state index is 0.237. The number of rotatable bonds is 6. The number of hydrogen-bond donors (Lipinski definition) is 1. The summed E-state index contributed by atoms with van der Waals surface area (Å²) in [7, 11) is -3.49. The molecule has 0 spiro atoms. The summed E-state index contributed by atoms with van der Waals surface area (Å²) in [5.41, 5.74) is 1.88. The normalized spacial score (nSPS) is 15.2. The van der Waals surface area contributed by atoms with E-state index in [4.69, 9.17) is 0 Å². The number of amides is 1. The van der Waals surface area contributed by atoms with Crippen LogP contribution in [-0.2, 0) is 14.8 Å². The quantitative estimate of drug-likeness (QED) is 0.598. The molecule has 3 aromatic rings. The fraction of sp³-hybridized carbons (Fsp3) is 0.227. The van der Waals surface area contributed by atoms with Crippen LogP contribution in [0.2, 0.25) is 0 Å². The highest BCUT2D eigenvalue weighted by atomic mass is 32.2. The highest BCUT2D eigenvalue weighted by Gasteiger charge is 2.25. The van der Waals surface area contributed by atoms with Crippen LogP contribution < -0.4 is 5.32 Å². The smallest absolute Gasteiger partial charge is 0.248 e. The molecule has 1 fully saturated rings. The van der Waals surface area contributed by atoms with E-state index >= 15 is 0 Å². The average Bonchev–Trinajstić information content (AvgIpc) is 3.28. The largest absolute Gasteiger partial charge is 0.323 e. The van der Waals surface area contributed by atoms with Gasteiger partial charge >= 0.3 is 0 Å². The van der Waals surface area contributed by atoms with E-state index in [1.807, 2.05) is 30.3 Å². The number of para-hydroxylation sites is 1. The number of sulfonamides is 1. The van der Waals surface area contributed by atoms with Crippen molar-refractivity contribution >= 4 is 27.7 Å². The van der Waals surface area contributed by atoms with E-state index in [2.05, 4.69) is 15.5 Å². The highest BCUT2D eigenvalue weighted by molar-refractivity contribution is 7.89. The van der Waals surface area contributed by atoms with E-state index in [0.717, 1.165) is 24.9 Å². The standard InChI is InChI=1S/C22H23N5O3S/c28-22(14-11-19-17-23-27(25-19)20-7-3-1-4-8-20)24-18-9-12-21(13-10-18)31(29,30)26-15-5-2-6-16-26/h1,3-4,7-14,17H,2,5-6,15-16H2,(H,24,28)/b14-11+. The Kier molecular flexibility index (Phi) is 6.24.